The van der Waals surface area contributed by atoms with Gasteiger partial charge < -0.3 is 0 Å². The monoisotopic (exact) mass is 374 g/mol. The van der Waals surface area contributed by atoms with Crippen molar-refractivity contribution in [1.29, 1.82) is 0 Å². The summed E-state index contributed by atoms with van der Waals surface area (Å²) in [7, 11) is 0. The highest BCUT2D eigenvalue weighted by Crippen LogP contribution is 2.47. The van der Waals surface area contributed by atoms with Crippen molar-refractivity contribution >= 4 is 11.3 Å². The Morgan fingerprint density at radius 1 is 1.12 bits per heavy atom. The first-order valence-corrected chi connectivity index (χ1v) is 10.5. The summed E-state index contributed by atoms with van der Waals surface area (Å²) in [6.45, 7) is 6.12. The number of hydrogen-bond acceptors (Lipinski definition) is 3. The highest BCUT2D eigenvalue weighted by Gasteiger charge is 2.53. The molecular weight excluding hydrogens is 350 g/mol. The molecule has 138 valence electrons. The van der Waals surface area contributed by atoms with E-state index >= 15 is 0 Å². The molecule has 4 saturated heterocycles. The van der Waals surface area contributed by atoms with Crippen LogP contribution in [0.15, 0.2) is 29.6 Å². The number of hydrogen-bond donors (Lipinski definition) is 0. The van der Waals surface area contributed by atoms with E-state index in [4.69, 9.17) is 0 Å². The Balaban J connectivity index is 1.52. The zero-order valence-corrected chi connectivity index (χ0v) is 15.8. The zero-order chi connectivity index (χ0) is 17.8. The minimum absolute atomic E-state index is 0.0547. The maximum atomic E-state index is 14.6. The van der Waals surface area contributed by atoms with Crippen molar-refractivity contribution in [3.8, 4) is 0 Å². The van der Waals surface area contributed by atoms with Crippen LogP contribution in [0.3, 0.4) is 0 Å². The number of thiophene rings is 1. The Bertz CT molecular complexity index is 812. The summed E-state index contributed by atoms with van der Waals surface area (Å²) in [5.41, 5.74) is 1.91. The molecule has 2 bridgehead atoms. The van der Waals surface area contributed by atoms with Crippen molar-refractivity contribution in [2.45, 2.75) is 44.3 Å². The largest absolute Gasteiger partial charge is 0.298 e. The van der Waals surface area contributed by atoms with Gasteiger partial charge in [0.2, 0.25) is 0 Å². The number of likely N-dealkylation sites (tertiary alicyclic amines) is 1. The van der Waals surface area contributed by atoms with Gasteiger partial charge in [0.25, 0.3) is 0 Å². The van der Waals surface area contributed by atoms with Gasteiger partial charge in [-0.05, 0) is 67.4 Å². The lowest BCUT2D eigenvalue weighted by Gasteiger charge is -2.51. The molecule has 0 aliphatic carbocycles. The van der Waals surface area contributed by atoms with Crippen molar-refractivity contribution in [3.05, 3.63) is 57.3 Å². The molecule has 5 heterocycles. The molecule has 0 saturated carbocycles. The van der Waals surface area contributed by atoms with E-state index in [9.17, 15) is 8.78 Å². The van der Waals surface area contributed by atoms with Crippen molar-refractivity contribution in [1.82, 2.24) is 9.80 Å². The number of rotatable bonds is 3. The van der Waals surface area contributed by atoms with Crippen LogP contribution in [-0.2, 0) is 6.54 Å². The third-order valence-electron chi connectivity index (χ3n) is 6.79. The van der Waals surface area contributed by atoms with Crippen molar-refractivity contribution in [2.75, 3.05) is 19.6 Å². The molecule has 0 spiro atoms. The maximum absolute atomic E-state index is 14.6. The van der Waals surface area contributed by atoms with Gasteiger partial charge in [0.1, 0.15) is 0 Å². The van der Waals surface area contributed by atoms with E-state index in [-0.39, 0.29) is 5.92 Å². The Kier molecular flexibility index (Phi) is 4.14. The van der Waals surface area contributed by atoms with Crippen LogP contribution < -0.4 is 0 Å². The smallest absolute Gasteiger partial charge is 0.162 e. The molecule has 26 heavy (non-hydrogen) atoms. The highest BCUT2D eigenvalue weighted by atomic mass is 32.1. The van der Waals surface area contributed by atoms with Gasteiger partial charge in [0.05, 0.1) is 0 Å². The predicted molar refractivity (Wildman–Crippen MR) is 100 cm³/mol. The Hall–Kier alpha value is -1.30. The van der Waals surface area contributed by atoms with Crippen molar-refractivity contribution in [2.24, 2.45) is 5.92 Å². The van der Waals surface area contributed by atoms with Crippen LogP contribution in [0.1, 0.15) is 34.8 Å². The molecule has 0 amide bonds. The van der Waals surface area contributed by atoms with Crippen LogP contribution in [0.2, 0.25) is 0 Å². The average Bonchev–Trinajstić information content (AvgIpc) is 3.24. The molecule has 2 nitrogen and oxygen atoms in total. The maximum Gasteiger partial charge on any atom is 0.162 e. The fourth-order valence-electron chi connectivity index (χ4n) is 5.55. The first-order chi connectivity index (χ1) is 12.6. The first-order valence-electron chi connectivity index (χ1n) is 9.58. The van der Waals surface area contributed by atoms with Gasteiger partial charge in [-0.3, -0.25) is 9.80 Å². The zero-order valence-electron chi connectivity index (χ0n) is 15.0. The fourth-order valence-corrected chi connectivity index (χ4v) is 6.48. The standard InChI is InChI=1S/C21H24F2N2S/c1-13-7-10-26-18(13)12-25-11-16(15-3-2-4-17(22)19(15)23)21-20(25)14-5-8-24(21)9-6-14/h2-4,7,10,14,16,20-21H,5-6,8-9,11-12H2,1H3/t16-,20+,21+/m1/s1. The summed E-state index contributed by atoms with van der Waals surface area (Å²) in [6, 6.07) is 7.64. The molecule has 0 N–H and O–H groups in total. The Morgan fingerprint density at radius 2 is 1.92 bits per heavy atom. The second-order valence-electron chi connectivity index (χ2n) is 8.06. The van der Waals surface area contributed by atoms with Gasteiger partial charge in [-0.2, -0.15) is 0 Å². The van der Waals surface area contributed by atoms with Gasteiger partial charge in [0.15, 0.2) is 11.6 Å². The first kappa shape index (κ1) is 16.8. The molecule has 4 fully saturated rings. The SMILES string of the molecule is Cc1ccsc1CN1C[C@H](c2cccc(F)c2F)[C@H]2[C@@H]1C1CCN2CC1. The molecule has 6 rings (SSSR count). The van der Waals surface area contributed by atoms with Crippen molar-refractivity contribution < 1.29 is 8.78 Å². The number of halogens is 2. The van der Waals surface area contributed by atoms with Gasteiger partial charge in [-0.1, -0.05) is 12.1 Å². The quantitative estimate of drug-likeness (QED) is 0.786. The van der Waals surface area contributed by atoms with Gasteiger partial charge in [0, 0.05) is 36.0 Å². The lowest BCUT2D eigenvalue weighted by Crippen LogP contribution is -2.60. The van der Waals surface area contributed by atoms with E-state index in [1.807, 2.05) is 11.3 Å². The minimum Gasteiger partial charge on any atom is -0.298 e. The summed E-state index contributed by atoms with van der Waals surface area (Å²) in [5.74, 6) is -0.624. The minimum atomic E-state index is -0.720. The van der Waals surface area contributed by atoms with E-state index in [2.05, 4.69) is 28.2 Å². The van der Waals surface area contributed by atoms with E-state index in [0.717, 1.165) is 26.2 Å². The molecule has 4 aliphatic heterocycles. The summed E-state index contributed by atoms with van der Waals surface area (Å²) < 4.78 is 28.5. The number of aryl methyl sites for hydroxylation is 1. The number of piperidine rings is 3. The normalized spacial score (nSPS) is 33.6. The number of benzene rings is 1. The third kappa shape index (κ3) is 2.55. The highest BCUT2D eigenvalue weighted by molar-refractivity contribution is 7.10. The van der Waals surface area contributed by atoms with E-state index in [1.165, 1.54) is 29.3 Å². The lowest BCUT2D eigenvalue weighted by atomic mass is 9.75. The molecule has 5 heteroatoms. The number of nitrogens with zero attached hydrogens (tertiary/aromatic N) is 2. The van der Waals surface area contributed by atoms with Crippen LogP contribution >= 0.6 is 11.3 Å². The molecule has 2 aromatic rings. The van der Waals surface area contributed by atoms with Crippen molar-refractivity contribution in [3.63, 3.8) is 0 Å². The fraction of sp³-hybridized carbons (Fsp3) is 0.524. The second-order valence-corrected chi connectivity index (χ2v) is 9.06. The van der Waals surface area contributed by atoms with Gasteiger partial charge >= 0.3 is 0 Å². The molecular formula is C21H24F2N2S. The summed E-state index contributed by atoms with van der Waals surface area (Å²) >= 11 is 1.81. The average molecular weight is 375 g/mol. The predicted octanol–water partition coefficient (Wildman–Crippen LogP) is 4.40. The topological polar surface area (TPSA) is 6.48 Å². The van der Waals surface area contributed by atoms with Crippen LogP contribution in [0, 0.1) is 24.5 Å². The summed E-state index contributed by atoms with van der Waals surface area (Å²) in [6.07, 6.45) is 2.47. The van der Waals surface area contributed by atoms with Gasteiger partial charge in [-0.15, -0.1) is 11.3 Å². The summed E-state index contributed by atoms with van der Waals surface area (Å²) in [5, 5.41) is 2.15. The van der Waals surface area contributed by atoms with E-state index in [1.54, 1.807) is 12.1 Å². The number of fused-ring (bicyclic) bond motifs is 2. The molecule has 0 unspecified atom stereocenters. The Labute approximate surface area is 157 Å². The van der Waals surface area contributed by atoms with Crippen LogP contribution in [-0.4, -0.2) is 41.5 Å². The molecule has 0 radical (unpaired) electrons. The Morgan fingerprint density at radius 3 is 2.65 bits per heavy atom. The molecule has 4 aliphatic rings. The van der Waals surface area contributed by atoms with E-state index < -0.39 is 11.6 Å². The van der Waals surface area contributed by atoms with Gasteiger partial charge in [-0.25, -0.2) is 8.78 Å². The lowest BCUT2D eigenvalue weighted by molar-refractivity contribution is -0.00867. The molecule has 3 atom stereocenters. The summed E-state index contributed by atoms with van der Waals surface area (Å²) in [4.78, 5) is 6.51. The van der Waals surface area contributed by atoms with Crippen LogP contribution in [0.4, 0.5) is 8.78 Å². The second kappa shape index (κ2) is 6.39. The molecule has 1 aromatic heterocycles. The van der Waals surface area contributed by atoms with Crippen LogP contribution in [0.25, 0.3) is 0 Å². The molecule has 1 aromatic carbocycles. The third-order valence-corrected chi connectivity index (χ3v) is 7.80. The van der Waals surface area contributed by atoms with Crippen LogP contribution in [0.5, 0.6) is 0 Å². The van der Waals surface area contributed by atoms with E-state index in [0.29, 0.717) is 23.6 Å².